The zero-order valence-corrected chi connectivity index (χ0v) is 14.8. The molecule has 0 aliphatic carbocycles. The molecule has 0 bridgehead atoms. The summed E-state index contributed by atoms with van der Waals surface area (Å²) in [4.78, 5) is 13.7. The first-order valence-electron chi connectivity index (χ1n) is 8.51. The van der Waals surface area contributed by atoms with Crippen LogP contribution in [-0.2, 0) is 6.61 Å². The summed E-state index contributed by atoms with van der Waals surface area (Å²) >= 11 is 0. The fourth-order valence-corrected chi connectivity index (χ4v) is 2.87. The smallest absolute Gasteiger partial charge is 0.225 e. The van der Waals surface area contributed by atoms with E-state index in [9.17, 15) is 0 Å². The Morgan fingerprint density at radius 1 is 0.958 bits per heavy atom. The Hall–Kier alpha value is -2.14. The van der Waals surface area contributed by atoms with E-state index in [-0.39, 0.29) is 5.54 Å². The fourth-order valence-electron chi connectivity index (χ4n) is 2.87. The summed E-state index contributed by atoms with van der Waals surface area (Å²) in [6.45, 7) is 11.3. The Morgan fingerprint density at radius 3 is 2.17 bits per heavy atom. The number of aromatic nitrogens is 2. The van der Waals surface area contributed by atoms with Gasteiger partial charge in [0.25, 0.3) is 0 Å². The van der Waals surface area contributed by atoms with Gasteiger partial charge in [-0.15, -0.1) is 0 Å². The molecule has 1 aromatic heterocycles. The summed E-state index contributed by atoms with van der Waals surface area (Å²) in [5.41, 5.74) is 1.36. The normalized spacial score (nSPS) is 16.2. The summed E-state index contributed by atoms with van der Waals surface area (Å²) in [5, 5.41) is 0. The second-order valence-corrected chi connectivity index (χ2v) is 7.14. The van der Waals surface area contributed by atoms with E-state index in [0.29, 0.717) is 12.4 Å². The van der Waals surface area contributed by atoms with Gasteiger partial charge in [0.1, 0.15) is 6.61 Å². The lowest BCUT2D eigenvalue weighted by molar-refractivity contribution is 0.128. The zero-order chi connectivity index (χ0) is 17.0. The number of ether oxygens (including phenoxy) is 1. The summed E-state index contributed by atoms with van der Waals surface area (Å²) in [6, 6.07) is 10.1. The zero-order valence-electron chi connectivity index (χ0n) is 14.8. The Morgan fingerprint density at radius 2 is 1.58 bits per heavy atom. The van der Waals surface area contributed by atoms with Gasteiger partial charge in [-0.1, -0.05) is 30.3 Å². The molecule has 1 saturated heterocycles. The molecule has 3 rings (SSSR count). The molecular weight excluding hydrogens is 300 g/mol. The minimum absolute atomic E-state index is 0.224. The Kier molecular flexibility index (Phi) is 5.00. The molecule has 2 heterocycles. The minimum atomic E-state index is 0.224. The van der Waals surface area contributed by atoms with E-state index in [1.165, 1.54) is 0 Å². The molecule has 0 atom stereocenters. The average molecular weight is 326 g/mol. The number of hydrogen-bond acceptors (Lipinski definition) is 5. The molecule has 24 heavy (non-hydrogen) atoms. The second-order valence-electron chi connectivity index (χ2n) is 7.14. The molecule has 0 radical (unpaired) electrons. The highest BCUT2D eigenvalue weighted by atomic mass is 16.5. The van der Waals surface area contributed by atoms with Crippen LogP contribution in [0.1, 0.15) is 26.3 Å². The van der Waals surface area contributed by atoms with Gasteiger partial charge in [-0.25, -0.2) is 9.97 Å². The van der Waals surface area contributed by atoms with Crippen molar-refractivity contribution in [1.82, 2.24) is 14.9 Å². The molecule has 0 saturated carbocycles. The molecule has 0 N–H and O–H groups in total. The van der Waals surface area contributed by atoms with Gasteiger partial charge in [-0.2, -0.15) is 0 Å². The van der Waals surface area contributed by atoms with E-state index in [1.54, 1.807) is 12.4 Å². The summed E-state index contributed by atoms with van der Waals surface area (Å²) in [6.07, 6.45) is 3.53. The molecule has 1 aromatic carbocycles. The highest BCUT2D eigenvalue weighted by Gasteiger charge is 2.26. The third-order valence-electron chi connectivity index (χ3n) is 4.37. The highest BCUT2D eigenvalue weighted by molar-refractivity contribution is 5.32. The molecule has 0 amide bonds. The lowest BCUT2D eigenvalue weighted by Gasteiger charge is -2.42. The first kappa shape index (κ1) is 16.7. The first-order chi connectivity index (χ1) is 11.5. The van der Waals surface area contributed by atoms with Crippen molar-refractivity contribution in [2.45, 2.75) is 32.9 Å². The molecule has 2 aromatic rings. The van der Waals surface area contributed by atoms with Gasteiger partial charge in [0.2, 0.25) is 5.95 Å². The van der Waals surface area contributed by atoms with Crippen molar-refractivity contribution < 1.29 is 4.74 Å². The van der Waals surface area contributed by atoms with Crippen LogP contribution in [-0.4, -0.2) is 46.6 Å². The maximum Gasteiger partial charge on any atom is 0.225 e. The van der Waals surface area contributed by atoms with Crippen LogP contribution >= 0.6 is 0 Å². The van der Waals surface area contributed by atoms with Gasteiger partial charge >= 0.3 is 0 Å². The van der Waals surface area contributed by atoms with Crippen molar-refractivity contribution in [2.24, 2.45) is 0 Å². The van der Waals surface area contributed by atoms with Crippen molar-refractivity contribution in [3.63, 3.8) is 0 Å². The fraction of sp³-hybridized carbons (Fsp3) is 0.474. The van der Waals surface area contributed by atoms with E-state index in [2.05, 4.69) is 40.5 Å². The van der Waals surface area contributed by atoms with Gasteiger partial charge in [0, 0.05) is 31.7 Å². The Bertz CT molecular complexity index is 629. The molecule has 128 valence electrons. The van der Waals surface area contributed by atoms with Crippen LogP contribution < -0.4 is 9.64 Å². The van der Waals surface area contributed by atoms with Crippen LogP contribution in [0.4, 0.5) is 5.95 Å². The lowest BCUT2D eigenvalue weighted by Crippen LogP contribution is -2.53. The molecule has 5 nitrogen and oxygen atoms in total. The summed E-state index contributed by atoms with van der Waals surface area (Å²) in [5.74, 6) is 1.49. The van der Waals surface area contributed by atoms with Crippen LogP contribution in [0.25, 0.3) is 0 Å². The quantitative estimate of drug-likeness (QED) is 0.864. The molecule has 1 aliphatic heterocycles. The topological polar surface area (TPSA) is 41.5 Å². The number of nitrogens with zero attached hydrogens (tertiary/aromatic N) is 4. The number of benzene rings is 1. The Balaban J connectivity index is 1.53. The maximum absolute atomic E-state index is 5.74. The van der Waals surface area contributed by atoms with Gasteiger partial charge in [-0.3, -0.25) is 4.90 Å². The molecular formula is C19H26N4O. The largest absolute Gasteiger partial charge is 0.486 e. The van der Waals surface area contributed by atoms with Crippen molar-refractivity contribution in [1.29, 1.82) is 0 Å². The van der Waals surface area contributed by atoms with E-state index < -0.39 is 0 Å². The standard InChI is InChI=1S/C19H26N4O/c1-19(2,3)23-11-9-22(10-12-23)18-20-13-17(14-21-18)24-15-16-7-5-4-6-8-16/h4-8,13-14H,9-12,15H2,1-3H3. The number of hydrogen-bond donors (Lipinski definition) is 0. The molecule has 1 aliphatic rings. The molecule has 5 heteroatoms. The lowest BCUT2D eigenvalue weighted by atomic mass is 10.1. The van der Waals surface area contributed by atoms with Crippen LogP contribution in [0.5, 0.6) is 5.75 Å². The minimum Gasteiger partial charge on any atom is -0.486 e. The van der Waals surface area contributed by atoms with Crippen LogP contribution in [0.3, 0.4) is 0 Å². The molecule has 0 spiro atoms. The Labute approximate surface area is 144 Å². The summed E-state index contributed by atoms with van der Waals surface area (Å²) < 4.78 is 5.74. The second kappa shape index (κ2) is 7.18. The van der Waals surface area contributed by atoms with Crippen LogP contribution in [0, 0.1) is 0 Å². The predicted octanol–water partition coefficient (Wildman–Crippen LogP) is 2.98. The maximum atomic E-state index is 5.74. The third-order valence-corrected chi connectivity index (χ3v) is 4.37. The van der Waals surface area contributed by atoms with Gasteiger partial charge in [-0.05, 0) is 26.3 Å². The highest BCUT2D eigenvalue weighted by Crippen LogP contribution is 2.19. The van der Waals surface area contributed by atoms with Gasteiger partial charge in [0.05, 0.1) is 12.4 Å². The first-order valence-corrected chi connectivity index (χ1v) is 8.51. The van der Waals surface area contributed by atoms with Crippen molar-refractivity contribution in [3.05, 3.63) is 48.3 Å². The SMILES string of the molecule is CC(C)(C)N1CCN(c2ncc(OCc3ccccc3)cn2)CC1. The number of anilines is 1. The van der Waals surface area contributed by atoms with Crippen molar-refractivity contribution in [3.8, 4) is 5.75 Å². The third kappa shape index (κ3) is 4.23. The van der Waals surface area contributed by atoms with E-state index in [4.69, 9.17) is 4.74 Å². The van der Waals surface area contributed by atoms with Crippen LogP contribution in [0.2, 0.25) is 0 Å². The van der Waals surface area contributed by atoms with Gasteiger partial charge < -0.3 is 9.64 Å². The van der Waals surface area contributed by atoms with E-state index >= 15 is 0 Å². The number of piperazine rings is 1. The monoisotopic (exact) mass is 326 g/mol. The summed E-state index contributed by atoms with van der Waals surface area (Å²) in [7, 11) is 0. The number of rotatable bonds is 4. The van der Waals surface area contributed by atoms with Crippen LogP contribution in [0.15, 0.2) is 42.7 Å². The van der Waals surface area contributed by atoms with E-state index in [0.717, 1.165) is 37.7 Å². The predicted molar refractivity (Wildman–Crippen MR) is 96.3 cm³/mol. The van der Waals surface area contributed by atoms with Crippen molar-refractivity contribution in [2.75, 3.05) is 31.1 Å². The molecule has 0 unspecified atom stereocenters. The van der Waals surface area contributed by atoms with Gasteiger partial charge in [0.15, 0.2) is 5.75 Å². The molecule has 1 fully saturated rings. The average Bonchev–Trinajstić information content (AvgIpc) is 2.61. The van der Waals surface area contributed by atoms with Crippen molar-refractivity contribution >= 4 is 5.95 Å². The van der Waals surface area contributed by atoms with E-state index in [1.807, 2.05) is 30.3 Å².